The summed E-state index contributed by atoms with van der Waals surface area (Å²) in [5.41, 5.74) is 1.52. The lowest BCUT2D eigenvalue weighted by Gasteiger charge is -2.13. The number of aromatic nitrogens is 2. The highest BCUT2D eigenvalue weighted by molar-refractivity contribution is 8.00. The first-order valence-corrected chi connectivity index (χ1v) is 10.0. The van der Waals surface area contributed by atoms with Gasteiger partial charge in [-0.1, -0.05) is 36.0 Å². The van der Waals surface area contributed by atoms with Crippen LogP contribution in [0.15, 0.2) is 53.6 Å². The van der Waals surface area contributed by atoms with Crippen molar-refractivity contribution < 1.29 is 9.18 Å². The Morgan fingerprint density at radius 3 is 2.56 bits per heavy atom. The van der Waals surface area contributed by atoms with Crippen LogP contribution in [-0.2, 0) is 4.79 Å². The maximum atomic E-state index is 13.2. The van der Waals surface area contributed by atoms with E-state index in [-0.39, 0.29) is 17.8 Å². The minimum Gasteiger partial charge on any atom is -0.353 e. The molecule has 0 saturated heterocycles. The second kappa shape index (κ2) is 7.64. The Balaban J connectivity index is 1.56. The predicted octanol–water partition coefficient (Wildman–Crippen LogP) is 4.44. The van der Waals surface area contributed by atoms with Crippen molar-refractivity contribution in [3.8, 4) is 11.3 Å². The monoisotopic (exact) mass is 381 g/mol. The number of carbonyl (C=O) groups excluding carboxylic acids is 1. The Kier molecular flexibility index (Phi) is 5.07. The third kappa shape index (κ3) is 4.11. The van der Waals surface area contributed by atoms with Crippen molar-refractivity contribution in [1.29, 1.82) is 0 Å². The number of benzene rings is 2. The number of nitrogens with zero attached hydrogens (tertiary/aromatic N) is 2. The molecule has 2 aromatic carbocycles. The number of hydrogen-bond donors (Lipinski definition) is 1. The average molecular weight is 381 g/mol. The van der Waals surface area contributed by atoms with Gasteiger partial charge in [0.15, 0.2) is 0 Å². The Bertz CT molecular complexity index is 973. The molecule has 0 bridgehead atoms. The zero-order valence-electron chi connectivity index (χ0n) is 15.0. The molecule has 1 aliphatic carbocycles. The molecule has 1 saturated carbocycles. The van der Waals surface area contributed by atoms with Crippen LogP contribution in [0.25, 0.3) is 22.0 Å². The Hall–Kier alpha value is -2.47. The topological polar surface area (TPSA) is 54.9 Å². The van der Waals surface area contributed by atoms with Crippen LogP contribution >= 0.6 is 11.8 Å². The maximum Gasteiger partial charge on any atom is 0.230 e. The van der Waals surface area contributed by atoms with E-state index in [1.807, 2.05) is 24.3 Å². The molecule has 0 radical (unpaired) electrons. The molecule has 4 nitrogen and oxygen atoms in total. The minimum atomic E-state index is -0.283. The summed E-state index contributed by atoms with van der Waals surface area (Å²) in [4.78, 5) is 12.2. The molecule has 0 spiro atoms. The molecule has 1 aromatic heterocycles. The van der Waals surface area contributed by atoms with Gasteiger partial charge in [-0.3, -0.25) is 4.79 Å². The third-order valence-corrected chi connectivity index (χ3v) is 5.81. The molecule has 3 aromatic rings. The van der Waals surface area contributed by atoms with Gasteiger partial charge in [0.25, 0.3) is 0 Å². The maximum absolute atomic E-state index is 13.2. The van der Waals surface area contributed by atoms with E-state index in [1.165, 1.54) is 36.7 Å². The van der Waals surface area contributed by atoms with Gasteiger partial charge >= 0.3 is 0 Å². The van der Waals surface area contributed by atoms with E-state index in [1.54, 1.807) is 12.1 Å². The van der Waals surface area contributed by atoms with Crippen LogP contribution in [-0.4, -0.2) is 27.9 Å². The highest BCUT2D eigenvalue weighted by Gasteiger charge is 2.28. The normalized spacial score (nSPS) is 14.9. The lowest BCUT2D eigenvalue weighted by Crippen LogP contribution is -2.35. The highest BCUT2D eigenvalue weighted by Crippen LogP contribution is 2.33. The van der Waals surface area contributed by atoms with Crippen molar-refractivity contribution in [3.63, 3.8) is 0 Å². The molecule has 27 heavy (non-hydrogen) atoms. The molecule has 1 N–H and O–H groups in total. The smallest absolute Gasteiger partial charge is 0.230 e. The summed E-state index contributed by atoms with van der Waals surface area (Å²) < 4.78 is 13.2. The molecule has 1 aliphatic rings. The molecular formula is C21H20FN3OS. The van der Waals surface area contributed by atoms with Crippen LogP contribution in [0.1, 0.15) is 19.8 Å². The standard InChI is InChI=1S/C21H20FN3OS/c1-13(14-6-7-14)23-19(26)12-27-21-18-5-3-2-4-17(18)20(24-25-21)15-8-10-16(22)11-9-15/h2-5,8-11,13-14H,6-7,12H2,1H3,(H,23,26). The number of hydrogen-bond acceptors (Lipinski definition) is 4. The molecule has 1 atom stereocenters. The van der Waals surface area contributed by atoms with E-state index >= 15 is 0 Å². The fourth-order valence-corrected chi connectivity index (χ4v) is 3.93. The summed E-state index contributed by atoms with van der Waals surface area (Å²) in [6, 6.07) is 14.3. The van der Waals surface area contributed by atoms with Gasteiger partial charge in [-0.05, 0) is 49.9 Å². The third-order valence-electron chi connectivity index (χ3n) is 4.83. The van der Waals surface area contributed by atoms with E-state index in [0.29, 0.717) is 17.4 Å². The van der Waals surface area contributed by atoms with Gasteiger partial charge in [0, 0.05) is 22.4 Å². The predicted molar refractivity (Wildman–Crippen MR) is 106 cm³/mol. The number of halogens is 1. The minimum absolute atomic E-state index is 0.0212. The number of amides is 1. The van der Waals surface area contributed by atoms with E-state index in [4.69, 9.17) is 0 Å². The van der Waals surface area contributed by atoms with Crippen LogP contribution in [0.5, 0.6) is 0 Å². The van der Waals surface area contributed by atoms with Gasteiger partial charge in [0.05, 0.1) is 5.75 Å². The highest BCUT2D eigenvalue weighted by atomic mass is 32.2. The second-order valence-electron chi connectivity index (χ2n) is 6.89. The summed E-state index contributed by atoms with van der Waals surface area (Å²) in [5, 5.41) is 14.4. The zero-order valence-corrected chi connectivity index (χ0v) is 15.8. The van der Waals surface area contributed by atoms with Crippen LogP contribution in [0.3, 0.4) is 0 Å². The Labute approximate surface area is 161 Å². The molecule has 0 aliphatic heterocycles. The molecular weight excluding hydrogens is 361 g/mol. The van der Waals surface area contributed by atoms with Crippen molar-refractivity contribution in [2.24, 2.45) is 5.92 Å². The fraction of sp³-hybridized carbons (Fsp3) is 0.286. The van der Waals surface area contributed by atoms with Crippen molar-refractivity contribution in [2.45, 2.75) is 30.8 Å². The van der Waals surface area contributed by atoms with E-state index in [0.717, 1.165) is 21.4 Å². The van der Waals surface area contributed by atoms with E-state index in [9.17, 15) is 9.18 Å². The Morgan fingerprint density at radius 2 is 1.85 bits per heavy atom. The van der Waals surface area contributed by atoms with Crippen molar-refractivity contribution in [2.75, 3.05) is 5.75 Å². The summed E-state index contributed by atoms with van der Waals surface area (Å²) in [6.45, 7) is 2.06. The van der Waals surface area contributed by atoms with Gasteiger partial charge in [-0.25, -0.2) is 4.39 Å². The lowest BCUT2D eigenvalue weighted by atomic mass is 10.1. The second-order valence-corrected chi connectivity index (χ2v) is 7.85. The Morgan fingerprint density at radius 1 is 1.15 bits per heavy atom. The molecule has 6 heteroatoms. The van der Waals surface area contributed by atoms with Crippen LogP contribution in [0, 0.1) is 11.7 Å². The van der Waals surface area contributed by atoms with Gasteiger partial charge in [0.2, 0.25) is 5.91 Å². The van der Waals surface area contributed by atoms with Gasteiger partial charge in [-0.15, -0.1) is 10.2 Å². The van der Waals surface area contributed by atoms with Crippen molar-refractivity contribution in [3.05, 3.63) is 54.3 Å². The number of rotatable bonds is 6. The van der Waals surface area contributed by atoms with Crippen molar-refractivity contribution in [1.82, 2.24) is 15.5 Å². The van der Waals surface area contributed by atoms with E-state index in [2.05, 4.69) is 22.4 Å². The van der Waals surface area contributed by atoms with Crippen LogP contribution in [0.4, 0.5) is 4.39 Å². The molecule has 1 unspecified atom stereocenters. The molecule has 1 fully saturated rings. The van der Waals surface area contributed by atoms with Crippen molar-refractivity contribution >= 4 is 28.4 Å². The summed E-state index contributed by atoms with van der Waals surface area (Å²) in [7, 11) is 0. The lowest BCUT2D eigenvalue weighted by molar-refractivity contribution is -0.119. The number of carbonyl (C=O) groups is 1. The summed E-state index contributed by atoms with van der Waals surface area (Å²) in [6.07, 6.45) is 2.41. The largest absolute Gasteiger partial charge is 0.353 e. The molecule has 4 rings (SSSR count). The first kappa shape index (κ1) is 17.9. The first-order chi connectivity index (χ1) is 13.1. The van der Waals surface area contributed by atoms with Gasteiger partial charge in [-0.2, -0.15) is 0 Å². The molecule has 1 amide bonds. The molecule has 1 heterocycles. The SMILES string of the molecule is CC(NC(=O)CSc1nnc(-c2ccc(F)cc2)c2ccccc12)C1CC1. The number of fused-ring (bicyclic) bond motifs is 1. The first-order valence-electron chi connectivity index (χ1n) is 9.05. The van der Waals surface area contributed by atoms with Crippen LogP contribution < -0.4 is 5.32 Å². The van der Waals surface area contributed by atoms with E-state index < -0.39 is 0 Å². The number of nitrogens with one attached hydrogen (secondary N) is 1. The quantitative estimate of drug-likeness (QED) is 0.641. The summed E-state index contributed by atoms with van der Waals surface area (Å²) in [5.74, 6) is 0.683. The van der Waals surface area contributed by atoms with Gasteiger partial charge < -0.3 is 5.32 Å². The zero-order chi connectivity index (χ0) is 18.8. The van der Waals surface area contributed by atoms with Gasteiger partial charge in [0.1, 0.15) is 16.5 Å². The molecule has 138 valence electrons. The number of thioether (sulfide) groups is 1. The summed E-state index contributed by atoms with van der Waals surface area (Å²) >= 11 is 1.39. The van der Waals surface area contributed by atoms with Crippen LogP contribution in [0.2, 0.25) is 0 Å². The average Bonchev–Trinajstić information content (AvgIpc) is 3.52. The fourth-order valence-electron chi connectivity index (χ4n) is 3.15.